The second kappa shape index (κ2) is 8.44. The zero-order valence-corrected chi connectivity index (χ0v) is 18.8. The molecule has 6 nitrogen and oxygen atoms in total. The van der Waals surface area contributed by atoms with E-state index >= 15 is 0 Å². The molecule has 0 heterocycles. The van der Waals surface area contributed by atoms with E-state index in [0.29, 0.717) is 37.9 Å². The number of rotatable bonds is 8. The molecule has 0 amide bonds. The first kappa shape index (κ1) is 22.1. The summed E-state index contributed by atoms with van der Waals surface area (Å²) in [6.45, 7) is 8.63. The fraction of sp³-hybridized carbons (Fsp3) is 0.720. The van der Waals surface area contributed by atoms with Crippen molar-refractivity contribution in [2.75, 3.05) is 6.61 Å². The van der Waals surface area contributed by atoms with Crippen molar-refractivity contribution in [1.29, 1.82) is 0 Å². The second-order valence-corrected chi connectivity index (χ2v) is 10.3. The van der Waals surface area contributed by atoms with Crippen molar-refractivity contribution in [1.82, 2.24) is 0 Å². The third-order valence-corrected chi connectivity index (χ3v) is 9.26. The molecular weight excluding hydrogens is 396 g/mol. The van der Waals surface area contributed by atoms with Crippen LogP contribution in [0.25, 0.3) is 0 Å². The topological polar surface area (TPSA) is 78.9 Å². The van der Waals surface area contributed by atoms with E-state index in [2.05, 4.69) is 26.8 Å². The van der Waals surface area contributed by atoms with Crippen molar-refractivity contribution in [2.45, 2.75) is 77.9 Å². The molecule has 170 valence electrons. The number of hydrogen-bond donors (Lipinski definition) is 0. The van der Waals surface area contributed by atoms with E-state index in [-0.39, 0.29) is 29.0 Å². The number of carbonyl (C=O) groups excluding carboxylic acids is 3. The molecule has 0 aromatic carbocycles. The van der Waals surface area contributed by atoms with Crippen LogP contribution >= 0.6 is 0 Å². The molecule has 0 radical (unpaired) electrons. The zero-order chi connectivity index (χ0) is 22.2. The Kier molecular flexibility index (Phi) is 6.01. The summed E-state index contributed by atoms with van der Waals surface area (Å²) in [6.07, 6.45) is 8.85. The molecule has 31 heavy (non-hydrogen) atoms. The first-order valence-corrected chi connectivity index (χ1v) is 11.6. The summed E-state index contributed by atoms with van der Waals surface area (Å²) in [7, 11) is 0. The lowest BCUT2D eigenvalue weighted by Gasteiger charge is -2.53. The average molecular weight is 431 g/mol. The summed E-state index contributed by atoms with van der Waals surface area (Å²) in [5.41, 5.74) is 4.15. The Morgan fingerprint density at radius 2 is 1.87 bits per heavy atom. The molecule has 1 fully saturated rings. The highest BCUT2D eigenvalue weighted by Gasteiger charge is 2.56. The molecule has 0 aromatic rings. The summed E-state index contributed by atoms with van der Waals surface area (Å²) in [4.78, 5) is 32.9. The van der Waals surface area contributed by atoms with Crippen LogP contribution in [-0.4, -0.2) is 38.2 Å². The number of carbonyl (C=O) groups is 3. The Morgan fingerprint density at radius 3 is 2.58 bits per heavy atom. The van der Waals surface area contributed by atoms with Crippen LogP contribution < -0.4 is 0 Å². The van der Waals surface area contributed by atoms with Gasteiger partial charge in [0.05, 0.1) is 6.61 Å². The molecule has 4 rings (SSSR count). The molecule has 0 saturated heterocycles. The van der Waals surface area contributed by atoms with Crippen molar-refractivity contribution in [2.24, 2.45) is 28.6 Å². The van der Waals surface area contributed by atoms with Crippen LogP contribution in [0.15, 0.2) is 22.8 Å². The first-order valence-electron chi connectivity index (χ1n) is 11.6. The Labute approximate surface area is 184 Å². The quantitative estimate of drug-likeness (QED) is 0.327. The lowest BCUT2D eigenvalue weighted by molar-refractivity contribution is -0.142. The molecular formula is C25H34O6. The maximum atomic E-state index is 11.3. The maximum Gasteiger partial charge on any atom is 0.293 e. The van der Waals surface area contributed by atoms with Gasteiger partial charge in [-0.15, -0.1) is 0 Å². The van der Waals surface area contributed by atoms with Crippen molar-refractivity contribution in [3.05, 3.63) is 22.8 Å². The van der Waals surface area contributed by atoms with Gasteiger partial charge in [0.15, 0.2) is 0 Å². The fourth-order valence-corrected chi connectivity index (χ4v) is 7.33. The third kappa shape index (κ3) is 3.42. The van der Waals surface area contributed by atoms with Gasteiger partial charge in [-0.1, -0.05) is 43.6 Å². The van der Waals surface area contributed by atoms with Crippen LogP contribution in [0.2, 0.25) is 0 Å². The van der Waals surface area contributed by atoms with E-state index in [4.69, 9.17) is 14.2 Å². The molecule has 0 bridgehead atoms. The van der Waals surface area contributed by atoms with Crippen LogP contribution in [-0.2, 0) is 28.6 Å². The minimum absolute atomic E-state index is 0.00514. The van der Waals surface area contributed by atoms with Crippen molar-refractivity contribution >= 4 is 19.4 Å². The van der Waals surface area contributed by atoms with Gasteiger partial charge in [-0.05, 0) is 49.4 Å². The van der Waals surface area contributed by atoms with Crippen LogP contribution in [0.3, 0.4) is 0 Å². The summed E-state index contributed by atoms with van der Waals surface area (Å²) in [5, 5.41) is 0. The van der Waals surface area contributed by atoms with Gasteiger partial charge in [0, 0.05) is 24.2 Å². The van der Waals surface area contributed by atoms with Gasteiger partial charge in [0.1, 0.15) is 12.2 Å². The standard InChI is InChI=1S/C25H34O6/c1-16(12-29-13-26)25(3)22-7-6-21-19(20(22)11-23(25)31-15-28)5-4-17-10-18(30-14-27)8-9-24(17,21)2/h4,13-16,18-19,21,23H,5-12H2,1-3H3/t16-,18+,19+,21+,23-,24+,25+/m1/s1. The van der Waals surface area contributed by atoms with E-state index in [0.717, 1.165) is 44.9 Å². The van der Waals surface area contributed by atoms with Crippen LogP contribution in [0, 0.1) is 28.6 Å². The molecule has 7 atom stereocenters. The zero-order valence-electron chi connectivity index (χ0n) is 18.8. The Balaban J connectivity index is 1.65. The van der Waals surface area contributed by atoms with Crippen LogP contribution in [0.4, 0.5) is 0 Å². The molecule has 4 aliphatic rings. The minimum Gasteiger partial charge on any atom is -0.468 e. The number of allylic oxidation sites excluding steroid dienone is 1. The van der Waals surface area contributed by atoms with Gasteiger partial charge in [-0.25, -0.2) is 0 Å². The van der Waals surface area contributed by atoms with Gasteiger partial charge >= 0.3 is 0 Å². The Morgan fingerprint density at radius 1 is 1.10 bits per heavy atom. The summed E-state index contributed by atoms with van der Waals surface area (Å²) < 4.78 is 16.0. The number of ether oxygens (including phenoxy) is 3. The molecule has 0 spiro atoms. The van der Waals surface area contributed by atoms with Crippen LogP contribution in [0.5, 0.6) is 0 Å². The highest BCUT2D eigenvalue weighted by molar-refractivity contribution is 5.44. The Hall–Kier alpha value is -2.11. The molecule has 0 aliphatic heterocycles. The SMILES string of the molecule is C[C@H](COC=O)[C@@]1(C)C2=C(C[C@H]1OC=O)[C@@H]1CC=C3C[C@@H](OC=O)CC[C@]3(C)[C@H]1CC2. The van der Waals surface area contributed by atoms with Gasteiger partial charge in [0.2, 0.25) is 0 Å². The summed E-state index contributed by atoms with van der Waals surface area (Å²) in [5.74, 6) is 1.08. The average Bonchev–Trinajstić information content (AvgIpc) is 3.06. The molecule has 0 unspecified atom stereocenters. The highest BCUT2D eigenvalue weighted by atomic mass is 16.5. The van der Waals surface area contributed by atoms with E-state index in [1.54, 1.807) is 0 Å². The Bertz CT molecular complexity index is 800. The largest absolute Gasteiger partial charge is 0.468 e. The third-order valence-electron chi connectivity index (χ3n) is 9.26. The van der Waals surface area contributed by atoms with Gasteiger partial charge in [0.25, 0.3) is 19.4 Å². The predicted octanol–water partition coefficient (Wildman–Crippen LogP) is 4.13. The molecule has 6 heteroatoms. The number of hydrogen-bond acceptors (Lipinski definition) is 6. The lowest BCUT2D eigenvalue weighted by Crippen LogP contribution is -2.45. The summed E-state index contributed by atoms with van der Waals surface area (Å²) >= 11 is 0. The van der Waals surface area contributed by atoms with E-state index in [9.17, 15) is 14.4 Å². The van der Waals surface area contributed by atoms with E-state index < -0.39 is 0 Å². The van der Waals surface area contributed by atoms with Crippen molar-refractivity contribution in [3.63, 3.8) is 0 Å². The smallest absolute Gasteiger partial charge is 0.293 e. The van der Waals surface area contributed by atoms with Crippen molar-refractivity contribution in [3.8, 4) is 0 Å². The fourth-order valence-electron chi connectivity index (χ4n) is 7.33. The van der Waals surface area contributed by atoms with Crippen LogP contribution in [0.1, 0.15) is 65.7 Å². The molecule has 0 N–H and O–H groups in total. The number of fused-ring (bicyclic) bond motifs is 4. The summed E-state index contributed by atoms with van der Waals surface area (Å²) in [6, 6.07) is 0. The van der Waals surface area contributed by atoms with E-state index in [1.165, 1.54) is 16.7 Å². The van der Waals surface area contributed by atoms with Crippen molar-refractivity contribution < 1.29 is 28.6 Å². The lowest BCUT2D eigenvalue weighted by atomic mass is 9.52. The highest BCUT2D eigenvalue weighted by Crippen LogP contribution is 2.63. The molecule has 4 aliphatic carbocycles. The monoisotopic (exact) mass is 430 g/mol. The van der Waals surface area contributed by atoms with Gasteiger partial charge < -0.3 is 14.2 Å². The predicted molar refractivity (Wildman–Crippen MR) is 114 cm³/mol. The van der Waals surface area contributed by atoms with Gasteiger partial charge in [-0.3, -0.25) is 14.4 Å². The van der Waals surface area contributed by atoms with Gasteiger partial charge in [-0.2, -0.15) is 0 Å². The normalized spacial score (nSPS) is 39.9. The second-order valence-electron chi connectivity index (χ2n) is 10.3. The van der Waals surface area contributed by atoms with E-state index in [1.807, 2.05) is 0 Å². The molecule has 1 saturated carbocycles. The molecule has 0 aromatic heterocycles. The minimum atomic E-state index is -0.315. The first-order chi connectivity index (χ1) is 14.9. The maximum absolute atomic E-state index is 11.3.